The molecule has 0 saturated carbocycles. The van der Waals surface area contributed by atoms with Gasteiger partial charge in [-0.3, -0.25) is 9.69 Å². The first-order valence-electron chi connectivity index (χ1n) is 10.5. The third-order valence-electron chi connectivity index (χ3n) is 5.23. The second-order valence-electron chi connectivity index (χ2n) is 8.03. The number of hydrogen-bond donors (Lipinski definition) is 1. The summed E-state index contributed by atoms with van der Waals surface area (Å²) >= 11 is 0. The van der Waals surface area contributed by atoms with Crippen molar-refractivity contribution >= 4 is 5.91 Å². The van der Waals surface area contributed by atoms with E-state index in [9.17, 15) is 4.79 Å². The molecule has 3 rings (SSSR count). The number of nitrogens with one attached hydrogen (secondary N) is 1. The molecule has 2 aromatic carbocycles. The first kappa shape index (κ1) is 21.2. The van der Waals surface area contributed by atoms with Gasteiger partial charge >= 0.3 is 0 Å². The van der Waals surface area contributed by atoms with E-state index in [2.05, 4.69) is 34.5 Å². The fourth-order valence-electron chi connectivity index (χ4n) is 3.55. The van der Waals surface area contributed by atoms with Crippen LogP contribution in [0.1, 0.15) is 39.2 Å². The fourth-order valence-corrected chi connectivity index (χ4v) is 3.55. The van der Waals surface area contributed by atoms with Crippen molar-refractivity contribution in [1.82, 2.24) is 10.2 Å². The number of carbonyl (C=O) groups is 1. The number of carbonyl (C=O) groups excluding carboxylic acids is 1. The van der Waals surface area contributed by atoms with E-state index in [1.807, 2.05) is 51.1 Å². The Morgan fingerprint density at radius 2 is 1.66 bits per heavy atom. The lowest BCUT2D eigenvalue weighted by atomic mass is 10.0. The highest BCUT2D eigenvalue weighted by molar-refractivity contribution is 5.85. The van der Waals surface area contributed by atoms with Crippen LogP contribution in [0, 0.1) is 0 Å². The van der Waals surface area contributed by atoms with Crippen LogP contribution in [-0.4, -0.2) is 42.1 Å². The van der Waals surface area contributed by atoms with Crippen LogP contribution < -0.4 is 14.8 Å². The molecule has 0 atom stereocenters. The Hall–Kier alpha value is -2.53. The molecule has 2 aromatic rings. The van der Waals surface area contributed by atoms with Crippen LogP contribution in [0.25, 0.3) is 0 Å². The third kappa shape index (κ3) is 6.23. The van der Waals surface area contributed by atoms with Gasteiger partial charge in [0.2, 0.25) is 0 Å². The topological polar surface area (TPSA) is 50.8 Å². The normalized spacial score (nSPS) is 15.7. The van der Waals surface area contributed by atoms with E-state index in [-0.39, 0.29) is 11.9 Å². The van der Waals surface area contributed by atoms with E-state index in [4.69, 9.17) is 9.47 Å². The summed E-state index contributed by atoms with van der Waals surface area (Å²) in [6.07, 6.45) is 1.91. The summed E-state index contributed by atoms with van der Waals surface area (Å²) in [5.41, 5.74) is 0.397. The molecule has 1 aliphatic rings. The smallest absolute Gasteiger partial charge is 0.263 e. The Labute approximate surface area is 174 Å². The SMILES string of the molecule is CCOc1ccc(OC(C)(C)C(=O)NC2CCN(Cc3ccccc3)CC2)cc1. The highest BCUT2D eigenvalue weighted by Gasteiger charge is 2.32. The average Bonchev–Trinajstić information content (AvgIpc) is 2.72. The molecule has 0 aromatic heterocycles. The summed E-state index contributed by atoms with van der Waals surface area (Å²) in [4.78, 5) is 15.2. The molecule has 1 heterocycles. The van der Waals surface area contributed by atoms with Crippen LogP contribution in [0.5, 0.6) is 11.5 Å². The number of likely N-dealkylation sites (tertiary alicyclic amines) is 1. The molecule has 1 saturated heterocycles. The molecule has 0 aliphatic carbocycles. The third-order valence-corrected chi connectivity index (χ3v) is 5.23. The molecule has 29 heavy (non-hydrogen) atoms. The second kappa shape index (κ2) is 9.79. The van der Waals surface area contributed by atoms with Crippen LogP contribution in [0.15, 0.2) is 54.6 Å². The summed E-state index contributed by atoms with van der Waals surface area (Å²) in [6.45, 7) is 9.13. The van der Waals surface area contributed by atoms with Gasteiger partial charge in [0.05, 0.1) is 6.61 Å². The number of amides is 1. The molecule has 5 nitrogen and oxygen atoms in total. The molecule has 0 bridgehead atoms. The summed E-state index contributed by atoms with van der Waals surface area (Å²) in [6, 6.07) is 18.1. The Balaban J connectivity index is 1.46. The molecule has 5 heteroatoms. The van der Waals surface area contributed by atoms with Crippen molar-refractivity contribution in [2.24, 2.45) is 0 Å². The fraction of sp³-hybridized carbons (Fsp3) is 0.458. The maximum atomic E-state index is 12.8. The van der Waals surface area contributed by atoms with E-state index in [1.165, 1.54) is 5.56 Å². The zero-order chi connectivity index (χ0) is 20.7. The van der Waals surface area contributed by atoms with Crippen molar-refractivity contribution in [3.05, 3.63) is 60.2 Å². The zero-order valence-electron chi connectivity index (χ0n) is 17.7. The molecule has 0 radical (unpaired) electrons. The maximum Gasteiger partial charge on any atom is 0.263 e. The quantitative estimate of drug-likeness (QED) is 0.732. The van der Waals surface area contributed by atoms with Crippen molar-refractivity contribution in [2.45, 2.75) is 51.8 Å². The number of ether oxygens (including phenoxy) is 2. The molecular formula is C24H32N2O3. The van der Waals surface area contributed by atoms with Gasteiger partial charge in [-0.1, -0.05) is 30.3 Å². The molecule has 156 valence electrons. The van der Waals surface area contributed by atoms with Gasteiger partial charge in [-0.05, 0) is 63.4 Å². The van der Waals surface area contributed by atoms with E-state index in [1.54, 1.807) is 0 Å². The number of piperidine rings is 1. The summed E-state index contributed by atoms with van der Waals surface area (Å²) < 4.78 is 11.4. The summed E-state index contributed by atoms with van der Waals surface area (Å²) in [7, 11) is 0. The predicted octanol–water partition coefficient (Wildman–Crippen LogP) is 4.02. The first-order valence-corrected chi connectivity index (χ1v) is 10.5. The number of nitrogens with zero attached hydrogens (tertiary/aromatic N) is 1. The van der Waals surface area contributed by atoms with Crippen molar-refractivity contribution in [2.75, 3.05) is 19.7 Å². The van der Waals surface area contributed by atoms with Gasteiger partial charge in [0.1, 0.15) is 11.5 Å². The minimum absolute atomic E-state index is 0.0760. The molecule has 1 N–H and O–H groups in total. The largest absolute Gasteiger partial charge is 0.494 e. The average molecular weight is 397 g/mol. The minimum Gasteiger partial charge on any atom is -0.494 e. The van der Waals surface area contributed by atoms with E-state index in [0.717, 1.165) is 38.2 Å². The first-order chi connectivity index (χ1) is 14.0. The minimum atomic E-state index is -0.936. The standard InChI is InChI=1S/C24H32N2O3/c1-4-28-21-10-12-22(13-11-21)29-24(2,3)23(27)25-20-14-16-26(17-15-20)18-19-8-6-5-7-9-19/h5-13,20H,4,14-18H2,1-3H3,(H,25,27). The van der Waals surface area contributed by atoms with Crippen LogP contribution in [-0.2, 0) is 11.3 Å². The Kier molecular flexibility index (Phi) is 7.15. The van der Waals surface area contributed by atoms with Gasteiger partial charge in [-0.15, -0.1) is 0 Å². The lowest BCUT2D eigenvalue weighted by Crippen LogP contribution is -2.52. The molecule has 0 spiro atoms. The van der Waals surface area contributed by atoms with Crippen LogP contribution in [0.4, 0.5) is 0 Å². The summed E-state index contributed by atoms with van der Waals surface area (Å²) in [5.74, 6) is 1.38. The van der Waals surface area contributed by atoms with Crippen LogP contribution in [0.2, 0.25) is 0 Å². The van der Waals surface area contributed by atoms with Gasteiger partial charge in [-0.25, -0.2) is 0 Å². The van der Waals surface area contributed by atoms with Gasteiger partial charge in [0, 0.05) is 25.7 Å². The highest BCUT2D eigenvalue weighted by Crippen LogP contribution is 2.23. The number of hydrogen-bond acceptors (Lipinski definition) is 4. The van der Waals surface area contributed by atoms with E-state index in [0.29, 0.717) is 12.4 Å². The van der Waals surface area contributed by atoms with E-state index >= 15 is 0 Å². The van der Waals surface area contributed by atoms with Crippen molar-refractivity contribution in [3.8, 4) is 11.5 Å². The number of benzene rings is 2. The number of rotatable bonds is 8. The molecule has 0 unspecified atom stereocenters. The Morgan fingerprint density at radius 1 is 1.03 bits per heavy atom. The Morgan fingerprint density at radius 3 is 2.28 bits per heavy atom. The molecular weight excluding hydrogens is 364 g/mol. The Bertz CT molecular complexity index is 766. The predicted molar refractivity (Wildman–Crippen MR) is 115 cm³/mol. The molecule has 1 aliphatic heterocycles. The van der Waals surface area contributed by atoms with Crippen molar-refractivity contribution in [1.29, 1.82) is 0 Å². The molecule has 1 fully saturated rings. The second-order valence-corrected chi connectivity index (χ2v) is 8.03. The molecule has 1 amide bonds. The lowest BCUT2D eigenvalue weighted by molar-refractivity contribution is -0.135. The maximum absolute atomic E-state index is 12.8. The zero-order valence-corrected chi connectivity index (χ0v) is 17.7. The van der Waals surface area contributed by atoms with Gasteiger partial charge in [0.25, 0.3) is 5.91 Å². The van der Waals surface area contributed by atoms with Crippen molar-refractivity contribution in [3.63, 3.8) is 0 Å². The lowest BCUT2D eigenvalue weighted by Gasteiger charge is -2.34. The van der Waals surface area contributed by atoms with Gasteiger partial charge in [-0.2, -0.15) is 0 Å². The van der Waals surface area contributed by atoms with E-state index < -0.39 is 5.60 Å². The van der Waals surface area contributed by atoms with Crippen LogP contribution in [0.3, 0.4) is 0 Å². The monoisotopic (exact) mass is 396 g/mol. The highest BCUT2D eigenvalue weighted by atomic mass is 16.5. The van der Waals surface area contributed by atoms with Crippen molar-refractivity contribution < 1.29 is 14.3 Å². The van der Waals surface area contributed by atoms with Gasteiger partial charge < -0.3 is 14.8 Å². The summed E-state index contributed by atoms with van der Waals surface area (Å²) in [5, 5.41) is 3.18. The van der Waals surface area contributed by atoms with Crippen LogP contribution >= 0.6 is 0 Å². The van der Waals surface area contributed by atoms with Gasteiger partial charge in [0.15, 0.2) is 5.60 Å².